The summed E-state index contributed by atoms with van der Waals surface area (Å²) in [4.78, 5) is 38.2. The minimum atomic E-state index is -3.39. The molecule has 8 nitrogen and oxygen atoms in total. The van der Waals surface area contributed by atoms with Gasteiger partial charge in [-0.1, -0.05) is 12.1 Å². The van der Waals surface area contributed by atoms with Crippen LogP contribution in [0.25, 0.3) is 11.1 Å². The maximum absolute atomic E-state index is 13.5. The van der Waals surface area contributed by atoms with Gasteiger partial charge in [-0.3, -0.25) is 9.59 Å². The number of alkyl carbamates (subject to hydrolysis) is 1. The number of rotatable bonds is 7. The number of nitrogens with one attached hydrogen (secondary N) is 1. The van der Waals surface area contributed by atoms with Gasteiger partial charge in [-0.25, -0.2) is 17.6 Å². The van der Waals surface area contributed by atoms with E-state index in [0.717, 1.165) is 6.26 Å². The molecule has 1 heterocycles. The van der Waals surface area contributed by atoms with Crippen LogP contribution in [0.4, 0.5) is 9.18 Å². The Kier molecular flexibility index (Phi) is 8.02. The molecule has 0 saturated carbocycles. The van der Waals surface area contributed by atoms with Gasteiger partial charge >= 0.3 is 6.09 Å². The summed E-state index contributed by atoms with van der Waals surface area (Å²) in [5.74, 6) is -1.17. The highest BCUT2D eigenvalue weighted by Crippen LogP contribution is 2.30. The molecule has 0 saturated heterocycles. The molecule has 3 rings (SSSR count). The van der Waals surface area contributed by atoms with Crippen LogP contribution in [0.15, 0.2) is 59.5 Å². The molecule has 0 fully saturated rings. The predicted molar refractivity (Wildman–Crippen MR) is 139 cm³/mol. The van der Waals surface area contributed by atoms with E-state index in [1.165, 1.54) is 47.2 Å². The standard InChI is InChI=1S/C27H29FN2O6S/c1-27(2,3)36-26(33)29-14-19-13-24(31)30(4)15-23(19)22-12-17(16-37(5,34)35)6-11-21(22)25(32)18-7-9-20(28)10-8-18/h6-13,15H,14,16H2,1-5H3,(H,29,33). The Morgan fingerprint density at radius 2 is 1.68 bits per heavy atom. The zero-order chi connectivity index (χ0) is 27.5. The molecule has 0 radical (unpaired) electrons. The van der Waals surface area contributed by atoms with Gasteiger partial charge in [-0.15, -0.1) is 0 Å². The van der Waals surface area contributed by atoms with Crippen LogP contribution in [0, 0.1) is 5.82 Å². The van der Waals surface area contributed by atoms with Crippen molar-refractivity contribution in [3.63, 3.8) is 0 Å². The topological polar surface area (TPSA) is 112 Å². The van der Waals surface area contributed by atoms with Crippen LogP contribution >= 0.6 is 0 Å². The summed E-state index contributed by atoms with van der Waals surface area (Å²) in [5, 5.41) is 2.62. The van der Waals surface area contributed by atoms with Crippen LogP contribution in [0.1, 0.15) is 47.8 Å². The van der Waals surface area contributed by atoms with E-state index < -0.39 is 33.1 Å². The first-order valence-electron chi connectivity index (χ1n) is 11.4. The fraction of sp³-hybridized carbons (Fsp3) is 0.296. The normalized spacial score (nSPS) is 11.7. The molecule has 1 N–H and O–H groups in total. The van der Waals surface area contributed by atoms with Gasteiger partial charge in [0.2, 0.25) is 0 Å². The number of ketones is 1. The third kappa shape index (κ3) is 7.60. The summed E-state index contributed by atoms with van der Waals surface area (Å²) in [6.45, 7) is 5.07. The van der Waals surface area contributed by atoms with Crippen molar-refractivity contribution in [3.8, 4) is 11.1 Å². The number of hydrogen-bond donors (Lipinski definition) is 1. The molecule has 1 aromatic heterocycles. The van der Waals surface area contributed by atoms with Crippen molar-refractivity contribution in [1.82, 2.24) is 9.88 Å². The van der Waals surface area contributed by atoms with Gasteiger partial charge in [0.1, 0.15) is 11.4 Å². The van der Waals surface area contributed by atoms with E-state index in [-0.39, 0.29) is 29.0 Å². The molecule has 0 spiro atoms. The lowest BCUT2D eigenvalue weighted by molar-refractivity contribution is 0.0523. The highest BCUT2D eigenvalue weighted by molar-refractivity contribution is 7.89. The third-order valence-corrected chi connectivity index (χ3v) is 6.15. The van der Waals surface area contributed by atoms with E-state index >= 15 is 0 Å². The first-order valence-corrected chi connectivity index (χ1v) is 13.5. The van der Waals surface area contributed by atoms with Gasteiger partial charge in [-0.05, 0) is 67.8 Å². The van der Waals surface area contributed by atoms with Gasteiger partial charge in [0.25, 0.3) is 5.56 Å². The number of carbonyl (C=O) groups excluding carboxylic acids is 2. The number of aryl methyl sites for hydroxylation is 1. The Hall–Kier alpha value is -3.79. The van der Waals surface area contributed by atoms with E-state index in [0.29, 0.717) is 22.3 Å². The maximum Gasteiger partial charge on any atom is 0.407 e. The van der Waals surface area contributed by atoms with E-state index in [1.54, 1.807) is 40.0 Å². The highest BCUT2D eigenvalue weighted by Gasteiger charge is 2.21. The Bertz CT molecular complexity index is 1500. The number of carbonyl (C=O) groups is 2. The highest BCUT2D eigenvalue weighted by atomic mass is 32.2. The number of halogens is 1. The molecule has 0 atom stereocenters. The lowest BCUT2D eigenvalue weighted by Gasteiger charge is -2.20. The zero-order valence-corrected chi connectivity index (χ0v) is 22.1. The molecule has 0 aliphatic carbocycles. The van der Waals surface area contributed by atoms with Crippen molar-refractivity contribution in [1.29, 1.82) is 0 Å². The van der Waals surface area contributed by atoms with Gasteiger partial charge in [0.05, 0.1) is 5.75 Å². The average Bonchev–Trinajstić information content (AvgIpc) is 2.77. The van der Waals surface area contributed by atoms with E-state index in [2.05, 4.69) is 5.32 Å². The summed E-state index contributed by atoms with van der Waals surface area (Å²) < 4.78 is 44.0. The van der Waals surface area contributed by atoms with E-state index in [4.69, 9.17) is 4.74 Å². The maximum atomic E-state index is 13.5. The quantitative estimate of drug-likeness (QED) is 0.464. The zero-order valence-electron chi connectivity index (χ0n) is 21.3. The van der Waals surface area contributed by atoms with Crippen LogP contribution in [-0.2, 0) is 33.9 Å². The first kappa shape index (κ1) is 27.8. The summed E-state index contributed by atoms with van der Waals surface area (Å²) in [7, 11) is -1.84. The molecule has 196 valence electrons. The average molecular weight is 529 g/mol. The van der Waals surface area contributed by atoms with Crippen molar-refractivity contribution >= 4 is 21.7 Å². The Morgan fingerprint density at radius 3 is 2.27 bits per heavy atom. The first-order chi connectivity index (χ1) is 17.1. The molecule has 37 heavy (non-hydrogen) atoms. The molecule has 0 aliphatic heterocycles. The summed E-state index contributed by atoms with van der Waals surface area (Å²) >= 11 is 0. The number of nitrogens with zero attached hydrogens (tertiary/aromatic N) is 1. The number of ether oxygens (including phenoxy) is 1. The molecule has 3 aromatic rings. The Morgan fingerprint density at radius 1 is 1.03 bits per heavy atom. The SMILES string of the molecule is Cn1cc(-c2cc(CS(C)(=O)=O)ccc2C(=O)c2ccc(F)cc2)c(CNC(=O)OC(C)(C)C)cc1=O. The lowest BCUT2D eigenvalue weighted by Crippen LogP contribution is -2.32. The van der Waals surface area contributed by atoms with Crippen LogP contribution in [0.2, 0.25) is 0 Å². The summed E-state index contributed by atoms with van der Waals surface area (Å²) in [5.41, 5.74) is 1.04. The van der Waals surface area contributed by atoms with Crippen LogP contribution in [-0.4, -0.2) is 36.7 Å². The smallest absolute Gasteiger partial charge is 0.407 e. The minimum Gasteiger partial charge on any atom is -0.444 e. The van der Waals surface area contributed by atoms with Crippen LogP contribution in [0.3, 0.4) is 0 Å². The Balaban J connectivity index is 2.16. The minimum absolute atomic E-state index is 0.0825. The van der Waals surface area contributed by atoms with Gasteiger partial charge in [0.15, 0.2) is 15.6 Å². The lowest BCUT2D eigenvalue weighted by atomic mass is 9.91. The molecule has 0 aliphatic rings. The summed E-state index contributed by atoms with van der Waals surface area (Å²) in [6, 6.07) is 11.0. The molecular formula is C27H29FN2O6S. The fourth-order valence-electron chi connectivity index (χ4n) is 3.70. The van der Waals surface area contributed by atoms with Crippen molar-refractivity contribution in [2.24, 2.45) is 7.05 Å². The number of benzene rings is 2. The van der Waals surface area contributed by atoms with Crippen molar-refractivity contribution < 1.29 is 27.1 Å². The second kappa shape index (κ2) is 10.7. The van der Waals surface area contributed by atoms with Gasteiger partial charge < -0.3 is 14.6 Å². The second-order valence-electron chi connectivity index (χ2n) is 9.80. The van der Waals surface area contributed by atoms with Crippen molar-refractivity contribution in [3.05, 3.63) is 93.2 Å². The number of sulfone groups is 1. The molecule has 10 heteroatoms. The van der Waals surface area contributed by atoms with Crippen molar-refractivity contribution in [2.45, 2.75) is 38.7 Å². The number of aromatic nitrogens is 1. The van der Waals surface area contributed by atoms with E-state index in [9.17, 15) is 27.2 Å². The number of amides is 1. The Labute approximate surface area is 215 Å². The van der Waals surface area contributed by atoms with Crippen LogP contribution in [0.5, 0.6) is 0 Å². The number of pyridine rings is 1. The van der Waals surface area contributed by atoms with Crippen molar-refractivity contribution in [2.75, 3.05) is 6.26 Å². The van der Waals surface area contributed by atoms with Crippen LogP contribution < -0.4 is 10.9 Å². The van der Waals surface area contributed by atoms with Gasteiger partial charge in [0, 0.05) is 48.8 Å². The molecule has 0 bridgehead atoms. The largest absolute Gasteiger partial charge is 0.444 e. The fourth-order valence-corrected chi connectivity index (χ4v) is 4.49. The number of hydrogen-bond acceptors (Lipinski definition) is 6. The molecule has 0 unspecified atom stereocenters. The third-order valence-electron chi connectivity index (χ3n) is 5.29. The van der Waals surface area contributed by atoms with Gasteiger partial charge in [-0.2, -0.15) is 0 Å². The van der Waals surface area contributed by atoms with E-state index in [1.807, 2.05) is 0 Å². The molecule has 2 aromatic carbocycles. The summed E-state index contributed by atoms with van der Waals surface area (Å²) in [6.07, 6.45) is 1.94. The molecular weight excluding hydrogens is 499 g/mol. The predicted octanol–water partition coefficient (Wildman–Crippen LogP) is 3.99. The second-order valence-corrected chi connectivity index (χ2v) is 11.9. The monoisotopic (exact) mass is 528 g/mol. The molecule has 1 amide bonds.